The lowest BCUT2D eigenvalue weighted by molar-refractivity contribution is 0.0981. The largest absolute Gasteiger partial charge is 0.306 e. The molecule has 0 bridgehead atoms. The summed E-state index contributed by atoms with van der Waals surface area (Å²) in [6, 6.07) is 9.05. The Hall–Kier alpha value is -2.66. The lowest BCUT2D eigenvalue weighted by Crippen LogP contribution is -2.30. The van der Waals surface area contributed by atoms with Gasteiger partial charge < -0.3 is 4.90 Å². The molecule has 0 unspecified atom stereocenters. The van der Waals surface area contributed by atoms with Gasteiger partial charge in [-0.25, -0.2) is 4.98 Å². The van der Waals surface area contributed by atoms with Gasteiger partial charge >= 0.3 is 0 Å². The molecule has 25 heavy (non-hydrogen) atoms. The second-order valence-corrected chi connectivity index (χ2v) is 6.66. The maximum atomic E-state index is 13.2. The summed E-state index contributed by atoms with van der Waals surface area (Å²) in [6.45, 7) is 3.96. The molecule has 1 aliphatic heterocycles. The van der Waals surface area contributed by atoms with E-state index in [0.717, 1.165) is 17.7 Å². The predicted molar refractivity (Wildman–Crippen MR) is 96.8 cm³/mol. The minimum absolute atomic E-state index is 0.0276. The van der Waals surface area contributed by atoms with Crippen LogP contribution in [0.2, 0.25) is 5.02 Å². The van der Waals surface area contributed by atoms with Crippen molar-refractivity contribution in [3.05, 3.63) is 64.1 Å². The average molecular weight is 354 g/mol. The molecule has 0 aliphatic carbocycles. The van der Waals surface area contributed by atoms with Crippen LogP contribution in [0.4, 0.5) is 5.69 Å². The van der Waals surface area contributed by atoms with Gasteiger partial charge in [-0.1, -0.05) is 11.6 Å². The van der Waals surface area contributed by atoms with Gasteiger partial charge in [-0.3, -0.25) is 14.0 Å². The Morgan fingerprint density at radius 3 is 2.76 bits per heavy atom. The van der Waals surface area contributed by atoms with Crippen molar-refractivity contribution in [2.75, 3.05) is 11.4 Å². The highest BCUT2D eigenvalue weighted by Gasteiger charge is 2.29. The second kappa shape index (κ2) is 5.70. The molecule has 0 saturated heterocycles. The first-order valence-electron chi connectivity index (χ1n) is 8.05. The van der Waals surface area contributed by atoms with Crippen LogP contribution in [0, 0.1) is 6.92 Å². The van der Waals surface area contributed by atoms with Gasteiger partial charge in [0.2, 0.25) is 0 Å². The van der Waals surface area contributed by atoms with Crippen LogP contribution >= 0.6 is 11.6 Å². The molecule has 0 atom stereocenters. The van der Waals surface area contributed by atoms with Gasteiger partial charge in [0.1, 0.15) is 11.3 Å². The van der Waals surface area contributed by atoms with Crippen LogP contribution in [0.15, 0.2) is 36.5 Å². The first-order valence-corrected chi connectivity index (χ1v) is 8.43. The number of Topliss-reactive ketones (excluding diaryl/α,β-unsaturated/α-hetero) is 1. The number of pyridine rings is 1. The second-order valence-electron chi connectivity index (χ2n) is 6.23. The number of amides is 1. The van der Waals surface area contributed by atoms with Gasteiger partial charge in [-0.05, 0) is 56.2 Å². The number of benzene rings is 1. The highest BCUT2D eigenvalue weighted by Crippen LogP contribution is 2.31. The molecule has 5 nitrogen and oxygen atoms in total. The Kier molecular flexibility index (Phi) is 3.62. The van der Waals surface area contributed by atoms with Crippen LogP contribution in [-0.2, 0) is 6.42 Å². The third kappa shape index (κ3) is 2.51. The molecule has 3 heterocycles. The van der Waals surface area contributed by atoms with E-state index >= 15 is 0 Å². The Balaban J connectivity index is 1.78. The van der Waals surface area contributed by atoms with E-state index in [9.17, 15) is 9.59 Å². The van der Waals surface area contributed by atoms with Crippen LogP contribution in [-0.4, -0.2) is 27.6 Å². The molecule has 0 fully saturated rings. The lowest BCUT2D eigenvalue weighted by Gasteiger charge is -2.18. The highest BCUT2D eigenvalue weighted by atomic mass is 35.5. The molecule has 1 aliphatic rings. The van der Waals surface area contributed by atoms with Crippen molar-refractivity contribution >= 4 is 34.6 Å². The molecular weight excluding hydrogens is 338 g/mol. The molecule has 0 N–H and O–H groups in total. The van der Waals surface area contributed by atoms with Gasteiger partial charge in [0, 0.05) is 24.0 Å². The normalized spacial score (nSPS) is 13.3. The van der Waals surface area contributed by atoms with Crippen LogP contribution < -0.4 is 4.90 Å². The molecular formula is C19H16ClN3O2. The van der Waals surface area contributed by atoms with Crippen LogP contribution in [0.25, 0.3) is 5.65 Å². The predicted octanol–water partition coefficient (Wildman–Crippen LogP) is 3.70. The highest BCUT2D eigenvalue weighted by molar-refractivity contribution is 6.30. The minimum atomic E-state index is -0.110. The average Bonchev–Trinajstić information content (AvgIpc) is 3.13. The molecule has 6 heteroatoms. The summed E-state index contributed by atoms with van der Waals surface area (Å²) in [4.78, 5) is 31.0. The number of anilines is 1. The monoisotopic (exact) mass is 353 g/mol. The fourth-order valence-electron chi connectivity index (χ4n) is 3.35. The summed E-state index contributed by atoms with van der Waals surface area (Å²) in [5.41, 5.74) is 4.42. The molecule has 1 amide bonds. The van der Waals surface area contributed by atoms with Gasteiger partial charge in [0.15, 0.2) is 5.78 Å². The van der Waals surface area contributed by atoms with E-state index in [2.05, 4.69) is 4.98 Å². The molecule has 0 saturated carbocycles. The van der Waals surface area contributed by atoms with Crippen molar-refractivity contribution < 1.29 is 9.59 Å². The summed E-state index contributed by atoms with van der Waals surface area (Å²) in [6.07, 6.45) is 2.44. The third-order valence-corrected chi connectivity index (χ3v) is 4.81. The standard InChI is InChI=1S/C19H16ClN3O2/c1-11-18(23-10-15(20)4-6-17(23)21-11)19(25)22-8-7-14-9-13(12(2)24)3-5-16(14)22/h3-6,9-10H,7-8H2,1-2H3. The maximum absolute atomic E-state index is 13.2. The van der Waals surface area contributed by atoms with Gasteiger partial charge in [0.25, 0.3) is 5.91 Å². The third-order valence-electron chi connectivity index (χ3n) is 4.59. The number of aryl methyl sites for hydroxylation is 1. The topological polar surface area (TPSA) is 54.7 Å². The molecule has 0 spiro atoms. The van der Waals surface area contributed by atoms with E-state index < -0.39 is 0 Å². The minimum Gasteiger partial charge on any atom is -0.306 e. The smallest absolute Gasteiger partial charge is 0.277 e. The number of ketones is 1. The van der Waals surface area contributed by atoms with Crippen molar-refractivity contribution in [1.82, 2.24) is 9.38 Å². The van der Waals surface area contributed by atoms with Crippen LogP contribution in [0.1, 0.15) is 39.0 Å². The Bertz CT molecular complexity index is 1040. The number of fused-ring (bicyclic) bond motifs is 2. The van der Waals surface area contributed by atoms with Gasteiger partial charge in [-0.2, -0.15) is 0 Å². The molecule has 0 radical (unpaired) electrons. The summed E-state index contributed by atoms with van der Waals surface area (Å²) >= 11 is 6.09. The quantitative estimate of drug-likeness (QED) is 0.660. The number of imidazole rings is 1. The fourth-order valence-corrected chi connectivity index (χ4v) is 3.51. The zero-order valence-electron chi connectivity index (χ0n) is 13.9. The summed E-state index contributed by atoms with van der Waals surface area (Å²) < 4.78 is 1.74. The van der Waals surface area contributed by atoms with Crippen molar-refractivity contribution in [2.45, 2.75) is 20.3 Å². The number of nitrogens with zero attached hydrogens (tertiary/aromatic N) is 3. The zero-order chi connectivity index (χ0) is 17.7. The van der Waals surface area contributed by atoms with Crippen LogP contribution in [0.3, 0.4) is 0 Å². The Morgan fingerprint density at radius 2 is 2.00 bits per heavy atom. The number of carbonyl (C=O) groups is 2. The van der Waals surface area contributed by atoms with E-state index in [1.807, 2.05) is 19.1 Å². The Labute approximate surface area is 149 Å². The summed E-state index contributed by atoms with van der Waals surface area (Å²) in [7, 11) is 0. The number of carbonyl (C=O) groups excluding carboxylic acids is 2. The molecule has 1 aromatic carbocycles. The van der Waals surface area contributed by atoms with E-state index in [1.165, 1.54) is 0 Å². The Morgan fingerprint density at radius 1 is 1.20 bits per heavy atom. The molecule has 3 aromatic rings. The number of aromatic nitrogens is 2. The molecule has 4 rings (SSSR count). The van der Waals surface area contributed by atoms with Crippen LogP contribution in [0.5, 0.6) is 0 Å². The number of rotatable bonds is 2. The maximum Gasteiger partial charge on any atom is 0.277 e. The van der Waals surface area contributed by atoms with Crippen molar-refractivity contribution in [2.24, 2.45) is 0 Å². The fraction of sp³-hybridized carbons (Fsp3) is 0.211. The SMILES string of the molecule is CC(=O)c1ccc2c(c1)CCN2C(=O)c1c(C)nc2ccc(Cl)cn12. The van der Waals surface area contributed by atoms with Crippen molar-refractivity contribution in [3.63, 3.8) is 0 Å². The van der Waals surface area contributed by atoms with E-state index in [4.69, 9.17) is 11.6 Å². The summed E-state index contributed by atoms with van der Waals surface area (Å²) in [5.74, 6) is -0.0820. The van der Waals surface area contributed by atoms with E-state index in [-0.39, 0.29) is 11.7 Å². The van der Waals surface area contributed by atoms with Crippen molar-refractivity contribution in [3.8, 4) is 0 Å². The molecule has 126 valence electrons. The van der Waals surface area contributed by atoms with Gasteiger partial charge in [-0.15, -0.1) is 0 Å². The zero-order valence-corrected chi connectivity index (χ0v) is 14.7. The first-order chi connectivity index (χ1) is 12.0. The molecule has 2 aromatic heterocycles. The van der Waals surface area contributed by atoms with E-state index in [0.29, 0.717) is 34.2 Å². The number of hydrogen-bond acceptors (Lipinski definition) is 3. The van der Waals surface area contributed by atoms with Gasteiger partial charge in [0.05, 0.1) is 10.7 Å². The number of halogens is 1. The summed E-state index contributed by atoms with van der Waals surface area (Å²) in [5, 5.41) is 0.548. The lowest BCUT2D eigenvalue weighted by atomic mass is 10.1. The number of hydrogen-bond donors (Lipinski definition) is 0. The van der Waals surface area contributed by atoms with E-state index in [1.54, 1.807) is 40.6 Å². The first kappa shape index (κ1) is 15.8. The van der Waals surface area contributed by atoms with Crippen molar-refractivity contribution in [1.29, 1.82) is 0 Å².